The smallest absolute Gasteiger partial charge is 0.306 e. The van der Waals surface area contributed by atoms with Gasteiger partial charge in [-0.1, -0.05) is 0 Å². The van der Waals surface area contributed by atoms with E-state index < -0.39 is 11.6 Å². The molecule has 1 saturated carbocycles. The zero-order valence-corrected chi connectivity index (χ0v) is 13.0. The third-order valence-electron chi connectivity index (χ3n) is 5.83. The lowest BCUT2D eigenvalue weighted by molar-refractivity contribution is -0.145. The van der Waals surface area contributed by atoms with E-state index in [0.29, 0.717) is 44.3 Å². The number of aliphatic hydroxyl groups is 1. The highest BCUT2D eigenvalue weighted by atomic mass is 16.4. The van der Waals surface area contributed by atoms with E-state index in [1.807, 2.05) is 0 Å². The summed E-state index contributed by atoms with van der Waals surface area (Å²) in [6.07, 6.45) is 5.06. The second-order valence-electron chi connectivity index (χ2n) is 7.41. The molecule has 120 valence electrons. The molecule has 3 fully saturated rings. The standard InChI is InChI=1S/C16H28N2O3/c1-12-9-17-8-2-3-14(17)10-18(12)11-16(21)6-4-13(5-7-16)15(19)20/h12-14,21H,2-11H2,1H3,(H,19,20). The number of rotatable bonds is 3. The van der Waals surface area contributed by atoms with Crippen LogP contribution >= 0.6 is 0 Å². The van der Waals surface area contributed by atoms with E-state index in [1.165, 1.54) is 19.4 Å². The number of carboxylic acids is 1. The Balaban J connectivity index is 1.57. The molecule has 2 N–H and O–H groups in total. The monoisotopic (exact) mass is 296 g/mol. The first kappa shape index (κ1) is 15.3. The molecule has 0 bridgehead atoms. The molecule has 0 amide bonds. The van der Waals surface area contributed by atoms with Gasteiger partial charge in [0.1, 0.15) is 0 Å². The average Bonchev–Trinajstić information content (AvgIpc) is 2.86. The molecule has 2 heterocycles. The summed E-state index contributed by atoms with van der Waals surface area (Å²) in [5, 5.41) is 19.9. The lowest BCUT2D eigenvalue weighted by Crippen LogP contribution is -2.59. The van der Waals surface area contributed by atoms with Crippen LogP contribution in [0.3, 0.4) is 0 Å². The van der Waals surface area contributed by atoms with Crippen molar-refractivity contribution < 1.29 is 15.0 Å². The van der Waals surface area contributed by atoms with Gasteiger partial charge in [0, 0.05) is 31.7 Å². The van der Waals surface area contributed by atoms with Crippen molar-refractivity contribution >= 4 is 5.97 Å². The predicted molar refractivity (Wildman–Crippen MR) is 80.2 cm³/mol. The second kappa shape index (κ2) is 5.86. The Kier molecular flexibility index (Phi) is 4.26. The van der Waals surface area contributed by atoms with Crippen molar-refractivity contribution in [2.24, 2.45) is 5.92 Å². The maximum Gasteiger partial charge on any atom is 0.306 e. The second-order valence-corrected chi connectivity index (χ2v) is 7.41. The zero-order valence-electron chi connectivity index (χ0n) is 13.0. The third-order valence-corrected chi connectivity index (χ3v) is 5.83. The van der Waals surface area contributed by atoms with Crippen LogP contribution in [0.25, 0.3) is 0 Å². The minimum atomic E-state index is -0.704. The summed E-state index contributed by atoms with van der Waals surface area (Å²) in [7, 11) is 0. The van der Waals surface area contributed by atoms with E-state index in [2.05, 4.69) is 16.7 Å². The van der Waals surface area contributed by atoms with Crippen molar-refractivity contribution in [1.82, 2.24) is 9.80 Å². The molecule has 1 aliphatic carbocycles. The van der Waals surface area contributed by atoms with Crippen LogP contribution in [0, 0.1) is 5.92 Å². The molecule has 0 aromatic heterocycles. The van der Waals surface area contributed by atoms with Crippen molar-refractivity contribution in [1.29, 1.82) is 0 Å². The molecule has 2 aliphatic heterocycles. The first-order valence-corrected chi connectivity index (χ1v) is 8.40. The van der Waals surface area contributed by atoms with Crippen LogP contribution in [0.5, 0.6) is 0 Å². The van der Waals surface area contributed by atoms with Crippen LogP contribution in [0.1, 0.15) is 45.4 Å². The average molecular weight is 296 g/mol. The van der Waals surface area contributed by atoms with E-state index in [9.17, 15) is 9.90 Å². The van der Waals surface area contributed by atoms with Gasteiger partial charge in [0.15, 0.2) is 0 Å². The van der Waals surface area contributed by atoms with E-state index in [4.69, 9.17) is 5.11 Å². The minimum absolute atomic E-state index is 0.255. The molecule has 5 nitrogen and oxygen atoms in total. The summed E-state index contributed by atoms with van der Waals surface area (Å²) in [5.41, 5.74) is -0.680. The zero-order chi connectivity index (χ0) is 15.0. The van der Waals surface area contributed by atoms with Crippen LogP contribution in [-0.4, -0.2) is 69.8 Å². The van der Waals surface area contributed by atoms with Crippen molar-refractivity contribution in [2.75, 3.05) is 26.2 Å². The highest BCUT2D eigenvalue weighted by molar-refractivity contribution is 5.70. The largest absolute Gasteiger partial charge is 0.481 e. The minimum Gasteiger partial charge on any atom is -0.481 e. The van der Waals surface area contributed by atoms with Gasteiger partial charge in [-0.05, 0) is 52.0 Å². The van der Waals surface area contributed by atoms with Gasteiger partial charge >= 0.3 is 5.97 Å². The molecule has 0 aromatic rings. The summed E-state index contributed by atoms with van der Waals surface area (Å²) in [6, 6.07) is 1.15. The fourth-order valence-corrected chi connectivity index (χ4v) is 4.41. The number of aliphatic carboxylic acids is 1. The maximum absolute atomic E-state index is 11.0. The molecule has 0 aromatic carbocycles. The van der Waals surface area contributed by atoms with Crippen molar-refractivity contribution in [3.63, 3.8) is 0 Å². The predicted octanol–water partition coefficient (Wildman–Crippen LogP) is 1.16. The number of carbonyl (C=O) groups is 1. The lowest BCUT2D eigenvalue weighted by Gasteiger charge is -2.46. The van der Waals surface area contributed by atoms with Gasteiger partial charge in [-0.2, -0.15) is 0 Å². The molecular weight excluding hydrogens is 268 g/mol. The number of nitrogens with zero attached hydrogens (tertiary/aromatic N) is 2. The summed E-state index contributed by atoms with van der Waals surface area (Å²) in [4.78, 5) is 16.1. The molecule has 0 spiro atoms. The van der Waals surface area contributed by atoms with Crippen LogP contribution < -0.4 is 0 Å². The van der Waals surface area contributed by atoms with Crippen molar-refractivity contribution in [2.45, 2.75) is 63.1 Å². The topological polar surface area (TPSA) is 64.0 Å². The molecule has 2 saturated heterocycles. The van der Waals surface area contributed by atoms with Crippen LogP contribution in [0.15, 0.2) is 0 Å². The Hall–Kier alpha value is -0.650. The van der Waals surface area contributed by atoms with Gasteiger partial charge in [-0.25, -0.2) is 0 Å². The van der Waals surface area contributed by atoms with Crippen molar-refractivity contribution in [3.8, 4) is 0 Å². The number of piperazine rings is 1. The van der Waals surface area contributed by atoms with Gasteiger partial charge in [0.05, 0.1) is 11.5 Å². The number of carboxylic acid groups (broad SMARTS) is 1. The first-order chi connectivity index (χ1) is 9.97. The van der Waals surface area contributed by atoms with Crippen LogP contribution in [0.4, 0.5) is 0 Å². The SMILES string of the molecule is CC1CN2CCCC2CN1CC1(O)CCC(C(=O)O)CC1. The highest BCUT2D eigenvalue weighted by Gasteiger charge is 2.41. The lowest BCUT2D eigenvalue weighted by atomic mass is 9.78. The Morgan fingerprint density at radius 3 is 2.62 bits per heavy atom. The number of β-amino-alcohol motifs (C(OH)–C–C–N with tert-alkyl or cyclic N) is 1. The Morgan fingerprint density at radius 2 is 1.95 bits per heavy atom. The number of hydrogen-bond donors (Lipinski definition) is 2. The summed E-state index contributed by atoms with van der Waals surface area (Å²) in [6.45, 7) is 6.36. The molecule has 0 radical (unpaired) electrons. The summed E-state index contributed by atoms with van der Waals surface area (Å²) in [5.74, 6) is -0.959. The molecule has 2 unspecified atom stereocenters. The van der Waals surface area contributed by atoms with Gasteiger partial charge in [0.2, 0.25) is 0 Å². The Labute approximate surface area is 126 Å². The molecule has 2 atom stereocenters. The number of hydrogen-bond acceptors (Lipinski definition) is 4. The molecular formula is C16H28N2O3. The van der Waals surface area contributed by atoms with E-state index >= 15 is 0 Å². The van der Waals surface area contributed by atoms with Gasteiger partial charge in [-0.15, -0.1) is 0 Å². The fourth-order valence-electron chi connectivity index (χ4n) is 4.41. The molecule has 3 aliphatic rings. The maximum atomic E-state index is 11.0. The van der Waals surface area contributed by atoms with Gasteiger partial charge in [-0.3, -0.25) is 14.6 Å². The number of fused-ring (bicyclic) bond motifs is 1. The third kappa shape index (κ3) is 3.25. The van der Waals surface area contributed by atoms with Gasteiger partial charge < -0.3 is 10.2 Å². The fraction of sp³-hybridized carbons (Fsp3) is 0.938. The van der Waals surface area contributed by atoms with Gasteiger partial charge in [0.25, 0.3) is 0 Å². The first-order valence-electron chi connectivity index (χ1n) is 8.40. The molecule has 21 heavy (non-hydrogen) atoms. The van der Waals surface area contributed by atoms with E-state index in [0.717, 1.165) is 13.1 Å². The summed E-state index contributed by atoms with van der Waals surface area (Å²) < 4.78 is 0. The van der Waals surface area contributed by atoms with Crippen LogP contribution in [-0.2, 0) is 4.79 Å². The quantitative estimate of drug-likeness (QED) is 0.818. The van der Waals surface area contributed by atoms with Crippen molar-refractivity contribution in [3.05, 3.63) is 0 Å². The Bertz CT molecular complexity index is 393. The highest BCUT2D eigenvalue weighted by Crippen LogP contribution is 2.34. The summed E-state index contributed by atoms with van der Waals surface area (Å²) >= 11 is 0. The molecule has 3 rings (SSSR count). The normalized spacial score (nSPS) is 41.9. The van der Waals surface area contributed by atoms with E-state index in [1.54, 1.807) is 0 Å². The van der Waals surface area contributed by atoms with E-state index in [-0.39, 0.29) is 5.92 Å². The molecule has 5 heteroatoms. The van der Waals surface area contributed by atoms with Crippen LogP contribution in [0.2, 0.25) is 0 Å². The Morgan fingerprint density at radius 1 is 1.24 bits per heavy atom.